The smallest absolute Gasteiger partial charge is 0.368 e. The molecule has 164 valence electrons. The van der Waals surface area contributed by atoms with Crippen LogP contribution < -0.4 is 4.90 Å². The largest absolute Gasteiger partial charge is 0.416 e. The van der Waals surface area contributed by atoms with Crippen LogP contribution in [-0.2, 0) is 15.8 Å². The molecular formula is C22H28F3N3O2. The molecule has 0 N–H and O–H groups in total. The molecule has 1 aromatic rings. The van der Waals surface area contributed by atoms with Crippen LogP contribution in [0.1, 0.15) is 44.1 Å². The SMILES string of the molecule is O=C(C(=O)N1CCCC2CCCCC21)N1CCN(c2cccc(C(F)(F)F)c2)CC1. The van der Waals surface area contributed by atoms with Crippen LogP contribution in [-0.4, -0.2) is 60.4 Å². The van der Waals surface area contributed by atoms with Gasteiger partial charge in [0.2, 0.25) is 0 Å². The fraction of sp³-hybridized carbons (Fsp3) is 0.636. The van der Waals surface area contributed by atoms with Crippen LogP contribution in [0.4, 0.5) is 18.9 Å². The van der Waals surface area contributed by atoms with Gasteiger partial charge in [0.25, 0.3) is 0 Å². The van der Waals surface area contributed by atoms with Gasteiger partial charge in [-0.3, -0.25) is 9.59 Å². The highest BCUT2D eigenvalue weighted by Gasteiger charge is 2.39. The average molecular weight is 423 g/mol. The lowest BCUT2D eigenvalue weighted by molar-refractivity contribution is -0.155. The summed E-state index contributed by atoms with van der Waals surface area (Å²) in [5.74, 6) is -0.356. The van der Waals surface area contributed by atoms with E-state index in [1.165, 1.54) is 12.5 Å². The topological polar surface area (TPSA) is 43.9 Å². The molecule has 0 radical (unpaired) electrons. The van der Waals surface area contributed by atoms with E-state index in [2.05, 4.69) is 0 Å². The number of hydrogen-bond acceptors (Lipinski definition) is 3. The minimum atomic E-state index is -4.38. The Kier molecular flexibility index (Phi) is 5.93. The number of likely N-dealkylation sites (tertiary alicyclic amines) is 1. The van der Waals surface area contributed by atoms with Crippen LogP contribution in [0, 0.1) is 5.92 Å². The van der Waals surface area contributed by atoms with E-state index in [4.69, 9.17) is 0 Å². The Morgan fingerprint density at radius 2 is 1.57 bits per heavy atom. The molecule has 0 spiro atoms. The quantitative estimate of drug-likeness (QED) is 0.649. The Morgan fingerprint density at radius 1 is 0.867 bits per heavy atom. The molecule has 0 aromatic heterocycles. The highest BCUT2D eigenvalue weighted by Crippen LogP contribution is 2.35. The number of amides is 2. The second-order valence-corrected chi connectivity index (χ2v) is 8.58. The molecule has 2 saturated heterocycles. The third-order valence-corrected chi connectivity index (χ3v) is 6.79. The molecule has 3 aliphatic rings. The van der Waals surface area contributed by atoms with E-state index in [1.807, 2.05) is 4.90 Å². The minimum absolute atomic E-state index is 0.190. The highest BCUT2D eigenvalue weighted by atomic mass is 19.4. The molecule has 4 rings (SSSR count). The van der Waals surface area contributed by atoms with Crippen molar-refractivity contribution >= 4 is 17.5 Å². The van der Waals surface area contributed by atoms with Crippen molar-refractivity contribution in [3.63, 3.8) is 0 Å². The maximum Gasteiger partial charge on any atom is 0.416 e. The number of benzene rings is 1. The van der Waals surface area contributed by atoms with Crippen LogP contribution in [0.25, 0.3) is 0 Å². The summed E-state index contributed by atoms with van der Waals surface area (Å²) in [5, 5.41) is 0. The Labute approximate surface area is 174 Å². The van der Waals surface area contributed by atoms with E-state index in [0.717, 1.165) is 44.2 Å². The van der Waals surface area contributed by atoms with Crippen molar-refractivity contribution in [1.82, 2.24) is 9.80 Å². The lowest BCUT2D eigenvalue weighted by atomic mass is 9.78. The van der Waals surface area contributed by atoms with E-state index in [0.29, 0.717) is 44.3 Å². The molecule has 30 heavy (non-hydrogen) atoms. The standard InChI is InChI=1S/C22H28F3N3O2/c23-22(24,25)17-7-3-8-18(15-17)26-11-13-27(14-12-26)20(29)21(30)28-10-4-6-16-5-1-2-9-19(16)28/h3,7-8,15-16,19H,1-2,4-6,9-14H2. The average Bonchev–Trinajstić information content (AvgIpc) is 2.77. The molecule has 1 aliphatic carbocycles. The lowest BCUT2D eigenvalue weighted by Crippen LogP contribution is -2.57. The van der Waals surface area contributed by atoms with E-state index in [1.54, 1.807) is 15.9 Å². The second-order valence-electron chi connectivity index (χ2n) is 8.58. The molecule has 1 aromatic carbocycles. The molecule has 5 nitrogen and oxygen atoms in total. The fourth-order valence-corrected chi connectivity index (χ4v) is 5.18. The maximum atomic E-state index is 13.0. The van der Waals surface area contributed by atoms with Crippen LogP contribution >= 0.6 is 0 Å². The predicted molar refractivity (Wildman–Crippen MR) is 107 cm³/mol. The number of hydrogen-bond donors (Lipinski definition) is 0. The third-order valence-electron chi connectivity index (χ3n) is 6.79. The number of carbonyl (C=O) groups is 2. The van der Waals surface area contributed by atoms with Gasteiger partial charge in [-0.25, -0.2) is 0 Å². The van der Waals surface area contributed by atoms with Gasteiger partial charge in [-0.15, -0.1) is 0 Å². The summed E-state index contributed by atoms with van der Waals surface area (Å²) in [6.07, 6.45) is 2.13. The van der Waals surface area contributed by atoms with Crippen LogP contribution in [0.15, 0.2) is 24.3 Å². The van der Waals surface area contributed by atoms with Gasteiger partial charge in [0.05, 0.1) is 5.56 Å². The molecule has 2 heterocycles. The number of fused-ring (bicyclic) bond motifs is 1. The highest BCUT2D eigenvalue weighted by molar-refractivity contribution is 6.35. The first-order valence-electron chi connectivity index (χ1n) is 10.9. The molecule has 2 unspecified atom stereocenters. The Bertz CT molecular complexity index is 788. The van der Waals surface area contributed by atoms with Gasteiger partial charge in [0.15, 0.2) is 0 Å². The first-order valence-corrected chi connectivity index (χ1v) is 10.9. The number of halogens is 3. The van der Waals surface area contributed by atoms with Crippen LogP contribution in [0.3, 0.4) is 0 Å². The van der Waals surface area contributed by atoms with Crippen molar-refractivity contribution in [2.24, 2.45) is 5.92 Å². The van der Waals surface area contributed by atoms with Crippen molar-refractivity contribution in [3.8, 4) is 0 Å². The molecule has 3 fully saturated rings. The van der Waals surface area contributed by atoms with Gasteiger partial charge < -0.3 is 14.7 Å². The lowest BCUT2D eigenvalue weighted by Gasteiger charge is -2.44. The van der Waals surface area contributed by atoms with E-state index >= 15 is 0 Å². The van der Waals surface area contributed by atoms with Gasteiger partial charge in [-0.05, 0) is 49.8 Å². The zero-order valence-corrected chi connectivity index (χ0v) is 17.0. The number of anilines is 1. The number of alkyl halides is 3. The molecule has 8 heteroatoms. The van der Waals surface area contributed by atoms with Crippen molar-refractivity contribution in [2.75, 3.05) is 37.6 Å². The minimum Gasteiger partial charge on any atom is -0.368 e. The summed E-state index contributed by atoms with van der Waals surface area (Å²) in [5.41, 5.74) is -0.190. The second kappa shape index (κ2) is 8.47. The maximum absolute atomic E-state index is 13.0. The van der Waals surface area contributed by atoms with Crippen LogP contribution in [0.5, 0.6) is 0 Å². The summed E-state index contributed by atoms with van der Waals surface area (Å²) in [6.45, 7) is 2.14. The Balaban J connectivity index is 1.37. The van der Waals surface area contributed by atoms with Crippen molar-refractivity contribution in [1.29, 1.82) is 0 Å². The summed E-state index contributed by atoms with van der Waals surface area (Å²) in [4.78, 5) is 31.0. The molecule has 0 bridgehead atoms. The zero-order valence-electron chi connectivity index (χ0n) is 17.0. The summed E-state index contributed by atoms with van der Waals surface area (Å²) >= 11 is 0. The number of nitrogens with zero attached hydrogens (tertiary/aromatic N) is 3. The number of rotatable bonds is 1. The first kappa shape index (κ1) is 21.0. The van der Waals surface area contributed by atoms with Gasteiger partial charge in [0, 0.05) is 44.5 Å². The van der Waals surface area contributed by atoms with Gasteiger partial charge >= 0.3 is 18.0 Å². The summed E-state index contributed by atoms with van der Waals surface area (Å²) in [7, 11) is 0. The summed E-state index contributed by atoms with van der Waals surface area (Å²) < 4.78 is 38.9. The van der Waals surface area contributed by atoms with Crippen LogP contribution in [0.2, 0.25) is 0 Å². The number of piperazine rings is 1. The zero-order chi connectivity index (χ0) is 21.3. The molecule has 2 amide bonds. The molecule has 2 aliphatic heterocycles. The molecule has 2 atom stereocenters. The van der Waals surface area contributed by atoms with Crippen molar-refractivity contribution in [2.45, 2.75) is 50.7 Å². The first-order chi connectivity index (χ1) is 14.3. The van der Waals surface area contributed by atoms with E-state index in [9.17, 15) is 22.8 Å². The molecular weight excluding hydrogens is 395 g/mol. The normalized spacial score (nSPS) is 25.1. The summed E-state index contributed by atoms with van der Waals surface area (Å²) in [6, 6.07) is 5.43. The number of piperidine rings is 1. The molecule has 1 saturated carbocycles. The van der Waals surface area contributed by atoms with Gasteiger partial charge in [0.1, 0.15) is 0 Å². The predicted octanol–water partition coefficient (Wildman–Crippen LogP) is 3.54. The van der Waals surface area contributed by atoms with E-state index in [-0.39, 0.29) is 6.04 Å². The fourth-order valence-electron chi connectivity index (χ4n) is 5.18. The monoisotopic (exact) mass is 423 g/mol. The Morgan fingerprint density at radius 3 is 2.30 bits per heavy atom. The van der Waals surface area contributed by atoms with E-state index < -0.39 is 23.6 Å². The van der Waals surface area contributed by atoms with Gasteiger partial charge in [-0.1, -0.05) is 18.9 Å². The van der Waals surface area contributed by atoms with Gasteiger partial charge in [-0.2, -0.15) is 13.2 Å². The van der Waals surface area contributed by atoms with Crippen molar-refractivity contribution in [3.05, 3.63) is 29.8 Å². The Hall–Kier alpha value is -2.25. The third kappa shape index (κ3) is 4.27. The number of carbonyl (C=O) groups excluding carboxylic acids is 2. The van der Waals surface area contributed by atoms with Crippen molar-refractivity contribution < 1.29 is 22.8 Å².